The van der Waals surface area contributed by atoms with Crippen LogP contribution in [-0.2, 0) is 9.47 Å². The van der Waals surface area contributed by atoms with Crippen molar-refractivity contribution in [3.8, 4) is 0 Å². The summed E-state index contributed by atoms with van der Waals surface area (Å²) in [7, 11) is 0. The van der Waals surface area contributed by atoms with Crippen LogP contribution in [0.4, 0.5) is 9.59 Å². The first-order valence-electron chi connectivity index (χ1n) is 9.35. The molecule has 0 aromatic heterocycles. The normalized spacial score (nSPS) is 14.5. The molecule has 0 N–H and O–H groups in total. The monoisotopic (exact) mass is 360 g/mol. The standard InChI is InChI=1S/C14H26N2O4.C3H8.C2H6/c1-13(2,3)19-11(17)15-7-9-16(10-8-15)12(18)20-14(4,5)6;1-3-2;1-2/h7-10H2,1-6H3;3H2,1-2H3;1-2H3. The lowest BCUT2D eigenvalue weighted by Gasteiger charge is -2.36. The van der Waals surface area contributed by atoms with Crippen molar-refractivity contribution in [3.63, 3.8) is 0 Å². The third kappa shape index (κ3) is 13.5. The summed E-state index contributed by atoms with van der Waals surface area (Å²) >= 11 is 0. The molecule has 1 rings (SSSR count). The van der Waals surface area contributed by atoms with Crippen LogP contribution in [0.1, 0.15) is 75.7 Å². The Morgan fingerprint density at radius 3 is 1.08 bits per heavy atom. The average Bonchev–Trinajstić information content (AvgIpc) is 2.47. The molecular formula is C19H40N2O4. The number of amides is 2. The molecule has 25 heavy (non-hydrogen) atoms. The van der Waals surface area contributed by atoms with E-state index in [1.165, 1.54) is 6.42 Å². The molecule has 2 amide bonds. The van der Waals surface area contributed by atoms with Gasteiger partial charge in [-0.25, -0.2) is 9.59 Å². The van der Waals surface area contributed by atoms with Crippen LogP contribution in [0.5, 0.6) is 0 Å². The van der Waals surface area contributed by atoms with Crippen LogP contribution >= 0.6 is 0 Å². The van der Waals surface area contributed by atoms with Crippen molar-refractivity contribution in [3.05, 3.63) is 0 Å². The fourth-order valence-electron chi connectivity index (χ4n) is 1.72. The van der Waals surface area contributed by atoms with Crippen molar-refractivity contribution < 1.29 is 19.1 Å². The van der Waals surface area contributed by atoms with E-state index in [9.17, 15) is 9.59 Å². The molecule has 1 aliphatic rings. The molecule has 1 aliphatic heterocycles. The molecule has 0 aromatic carbocycles. The summed E-state index contributed by atoms with van der Waals surface area (Å²) in [5, 5.41) is 0. The third-order valence-electron chi connectivity index (χ3n) is 2.58. The Morgan fingerprint density at radius 1 is 0.720 bits per heavy atom. The molecule has 0 atom stereocenters. The van der Waals surface area contributed by atoms with Gasteiger partial charge in [-0.3, -0.25) is 0 Å². The van der Waals surface area contributed by atoms with Crippen LogP contribution in [0.15, 0.2) is 0 Å². The number of ether oxygens (including phenoxy) is 2. The van der Waals surface area contributed by atoms with E-state index in [0.29, 0.717) is 26.2 Å². The lowest BCUT2D eigenvalue weighted by atomic mass is 10.2. The molecule has 0 radical (unpaired) electrons. The third-order valence-corrected chi connectivity index (χ3v) is 2.58. The maximum atomic E-state index is 11.9. The lowest BCUT2D eigenvalue weighted by molar-refractivity contribution is -0.000620. The van der Waals surface area contributed by atoms with Gasteiger partial charge >= 0.3 is 12.2 Å². The summed E-state index contributed by atoms with van der Waals surface area (Å²) in [5.41, 5.74) is -1.00. The number of rotatable bonds is 0. The van der Waals surface area contributed by atoms with E-state index in [2.05, 4.69) is 13.8 Å². The zero-order chi connectivity index (χ0) is 20.3. The van der Waals surface area contributed by atoms with E-state index in [4.69, 9.17) is 9.47 Å². The summed E-state index contributed by atoms with van der Waals surface area (Å²) in [4.78, 5) is 27.0. The maximum absolute atomic E-state index is 11.9. The number of carbonyl (C=O) groups excluding carboxylic acids is 2. The van der Waals surface area contributed by atoms with Crippen LogP contribution in [0.25, 0.3) is 0 Å². The van der Waals surface area contributed by atoms with Gasteiger partial charge in [-0.2, -0.15) is 0 Å². The van der Waals surface area contributed by atoms with Crippen molar-refractivity contribution >= 4 is 12.2 Å². The van der Waals surface area contributed by atoms with Gasteiger partial charge in [-0.1, -0.05) is 34.1 Å². The first-order chi connectivity index (χ1) is 11.4. The Morgan fingerprint density at radius 2 is 0.920 bits per heavy atom. The smallest absolute Gasteiger partial charge is 0.410 e. The van der Waals surface area contributed by atoms with E-state index in [0.717, 1.165) is 0 Å². The molecule has 0 unspecified atom stereocenters. The molecule has 0 bridgehead atoms. The number of carbonyl (C=O) groups is 2. The van der Waals surface area contributed by atoms with Gasteiger partial charge in [0.1, 0.15) is 11.2 Å². The van der Waals surface area contributed by atoms with Gasteiger partial charge in [0.15, 0.2) is 0 Å². The first kappa shape index (κ1) is 25.8. The fourth-order valence-corrected chi connectivity index (χ4v) is 1.72. The van der Waals surface area contributed by atoms with Gasteiger partial charge in [0.25, 0.3) is 0 Å². The van der Waals surface area contributed by atoms with E-state index in [-0.39, 0.29) is 12.2 Å². The predicted octanol–water partition coefficient (Wildman–Crippen LogP) is 4.92. The highest BCUT2D eigenvalue weighted by Gasteiger charge is 2.29. The Labute approximate surface area is 154 Å². The highest BCUT2D eigenvalue weighted by Crippen LogP contribution is 2.14. The van der Waals surface area contributed by atoms with Gasteiger partial charge < -0.3 is 19.3 Å². The van der Waals surface area contributed by atoms with Crippen molar-refractivity contribution in [1.82, 2.24) is 9.80 Å². The van der Waals surface area contributed by atoms with Crippen molar-refractivity contribution in [1.29, 1.82) is 0 Å². The van der Waals surface area contributed by atoms with Crippen molar-refractivity contribution in [2.75, 3.05) is 26.2 Å². The molecule has 150 valence electrons. The zero-order valence-electron chi connectivity index (χ0n) is 18.1. The van der Waals surface area contributed by atoms with Crippen molar-refractivity contribution in [2.45, 2.75) is 86.9 Å². The minimum Gasteiger partial charge on any atom is -0.444 e. The SMILES string of the molecule is CC.CC(C)(C)OC(=O)N1CCN(C(=O)OC(C)(C)C)CC1.CCC. The molecule has 0 saturated carbocycles. The van der Waals surface area contributed by atoms with E-state index < -0.39 is 11.2 Å². The summed E-state index contributed by atoms with van der Waals surface area (Å²) in [6.07, 6.45) is 0.586. The number of piperazine rings is 1. The molecule has 1 heterocycles. The van der Waals surface area contributed by atoms with Gasteiger partial charge in [-0.15, -0.1) is 0 Å². The van der Waals surface area contributed by atoms with Crippen LogP contribution in [0.2, 0.25) is 0 Å². The second kappa shape index (κ2) is 12.0. The minimum atomic E-state index is -0.501. The summed E-state index contributed by atoms with van der Waals surface area (Å²) < 4.78 is 10.6. The van der Waals surface area contributed by atoms with Crippen LogP contribution in [0, 0.1) is 0 Å². The Kier molecular flexibility index (Phi) is 12.4. The number of hydrogen-bond donors (Lipinski definition) is 0. The average molecular weight is 361 g/mol. The van der Waals surface area contributed by atoms with Crippen molar-refractivity contribution in [2.24, 2.45) is 0 Å². The summed E-state index contributed by atoms with van der Waals surface area (Å²) in [6, 6.07) is 0. The molecule has 0 aromatic rings. The zero-order valence-corrected chi connectivity index (χ0v) is 18.1. The van der Waals surface area contributed by atoms with E-state index >= 15 is 0 Å². The topological polar surface area (TPSA) is 59.1 Å². The molecular weight excluding hydrogens is 320 g/mol. The van der Waals surface area contributed by atoms with Gasteiger partial charge in [0.05, 0.1) is 0 Å². The Balaban J connectivity index is 0. The van der Waals surface area contributed by atoms with Gasteiger partial charge in [0, 0.05) is 26.2 Å². The largest absolute Gasteiger partial charge is 0.444 e. The van der Waals surface area contributed by atoms with Gasteiger partial charge in [0.2, 0.25) is 0 Å². The van der Waals surface area contributed by atoms with E-state index in [1.807, 2.05) is 55.4 Å². The molecule has 6 nitrogen and oxygen atoms in total. The minimum absolute atomic E-state index is 0.332. The molecule has 6 heteroatoms. The van der Waals surface area contributed by atoms with Crippen LogP contribution < -0.4 is 0 Å². The Bertz CT molecular complexity index is 340. The quantitative estimate of drug-likeness (QED) is 0.615. The highest BCUT2D eigenvalue weighted by molar-refractivity contribution is 5.70. The first-order valence-corrected chi connectivity index (χ1v) is 9.35. The second-order valence-electron chi connectivity index (χ2n) is 7.64. The fraction of sp³-hybridized carbons (Fsp3) is 0.895. The summed E-state index contributed by atoms with van der Waals surface area (Å²) in [5.74, 6) is 0. The highest BCUT2D eigenvalue weighted by atomic mass is 16.6. The van der Waals surface area contributed by atoms with Gasteiger partial charge in [-0.05, 0) is 41.5 Å². The summed E-state index contributed by atoms with van der Waals surface area (Å²) in [6.45, 7) is 21.1. The molecule has 0 spiro atoms. The lowest BCUT2D eigenvalue weighted by Crippen LogP contribution is -2.52. The van der Waals surface area contributed by atoms with E-state index in [1.54, 1.807) is 9.80 Å². The van der Waals surface area contributed by atoms with Crippen LogP contribution in [0.3, 0.4) is 0 Å². The number of hydrogen-bond acceptors (Lipinski definition) is 4. The Hall–Kier alpha value is -1.46. The number of nitrogens with zero attached hydrogens (tertiary/aromatic N) is 2. The molecule has 1 saturated heterocycles. The predicted molar refractivity (Wildman–Crippen MR) is 103 cm³/mol. The maximum Gasteiger partial charge on any atom is 0.410 e. The molecule has 0 aliphatic carbocycles. The van der Waals surface area contributed by atoms with Crippen LogP contribution in [-0.4, -0.2) is 59.4 Å². The second-order valence-corrected chi connectivity index (χ2v) is 7.64. The molecule has 1 fully saturated rings.